The van der Waals surface area contributed by atoms with E-state index < -0.39 is 0 Å². The van der Waals surface area contributed by atoms with E-state index in [0.29, 0.717) is 12.8 Å². The fourth-order valence-electron chi connectivity index (χ4n) is 1.23. The van der Waals surface area contributed by atoms with Crippen molar-refractivity contribution in [2.45, 2.75) is 19.9 Å². The van der Waals surface area contributed by atoms with E-state index >= 15 is 0 Å². The second kappa shape index (κ2) is 3.70. The third-order valence-corrected chi connectivity index (χ3v) is 1.92. The van der Waals surface area contributed by atoms with Crippen LogP contribution < -0.4 is 9.47 Å². The fraction of sp³-hybridized carbons (Fsp3) is 0.364. The van der Waals surface area contributed by atoms with E-state index in [1.807, 2.05) is 38.3 Å². The Morgan fingerprint density at radius 1 is 1.29 bits per heavy atom. The van der Waals surface area contributed by atoms with Crippen LogP contribution in [0.3, 0.4) is 0 Å². The van der Waals surface area contributed by atoms with Gasteiger partial charge in [0.2, 0.25) is 6.79 Å². The van der Waals surface area contributed by atoms with Crippen LogP contribution in [0.5, 0.6) is 11.5 Å². The van der Waals surface area contributed by atoms with Crippen molar-refractivity contribution in [2.75, 3.05) is 6.79 Å². The lowest BCUT2D eigenvalue weighted by Gasteiger charge is -1.98. The van der Waals surface area contributed by atoms with Gasteiger partial charge in [-0.05, 0) is 37.6 Å². The summed E-state index contributed by atoms with van der Waals surface area (Å²) in [6, 6.07) is 6.14. The number of nitrogens with zero attached hydrogens (tertiary/aromatic N) is 1. The highest BCUT2D eigenvalue weighted by molar-refractivity contribution is 5.81. The molecule has 0 bridgehead atoms. The smallest absolute Gasteiger partial charge is 0.231 e. The fourth-order valence-corrected chi connectivity index (χ4v) is 1.23. The van der Waals surface area contributed by atoms with E-state index in [4.69, 9.17) is 9.47 Å². The zero-order valence-electron chi connectivity index (χ0n) is 8.36. The highest BCUT2D eigenvalue weighted by atomic mass is 16.7. The molecule has 0 radical (unpaired) electrons. The van der Waals surface area contributed by atoms with Crippen LogP contribution in [0.25, 0.3) is 0 Å². The Kier molecular flexibility index (Phi) is 2.39. The lowest BCUT2D eigenvalue weighted by Crippen LogP contribution is -1.93. The molecular formula is C11H13NO2. The van der Waals surface area contributed by atoms with Crippen LogP contribution in [0.4, 0.5) is 0 Å². The Morgan fingerprint density at radius 3 is 2.86 bits per heavy atom. The molecule has 14 heavy (non-hydrogen) atoms. The average Bonchev–Trinajstić information content (AvgIpc) is 2.61. The van der Waals surface area contributed by atoms with Crippen molar-refractivity contribution in [1.29, 1.82) is 0 Å². The summed E-state index contributed by atoms with van der Waals surface area (Å²) >= 11 is 0. The molecule has 74 valence electrons. The molecule has 0 aliphatic carbocycles. The van der Waals surface area contributed by atoms with Crippen molar-refractivity contribution in [3.63, 3.8) is 0 Å². The van der Waals surface area contributed by atoms with Gasteiger partial charge in [0, 0.05) is 12.3 Å². The molecule has 1 aliphatic heterocycles. The van der Waals surface area contributed by atoms with Gasteiger partial charge in [0.05, 0.1) is 0 Å². The van der Waals surface area contributed by atoms with Gasteiger partial charge in [-0.25, -0.2) is 0 Å². The first kappa shape index (κ1) is 9.06. The summed E-state index contributed by atoms with van der Waals surface area (Å²) in [5.41, 5.74) is 1.04. The van der Waals surface area contributed by atoms with Crippen LogP contribution in [0.15, 0.2) is 23.2 Å². The van der Waals surface area contributed by atoms with E-state index in [-0.39, 0.29) is 0 Å². The third kappa shape index (κ3) is 1.87. The van der Waals surface area contributed by atoms with Crippen molar-refractivity contribution in [3.05, 3.63) is 23.8 Å². The zero-order valence-corrected chi connectivity index (χ0v) is 8.36. The summed E-state index contributed by atoms with van der Waals surface area (Å²) in [5.74, 6) is 1.62. The first-order chi connectivity index (χ1) is 6.75. The van der Waals surface area contributed by atoms with Crippen molar-refractivity contribution in [3.8, 4) is 11.5 Å². The van der Waals surface area contributed by atoms with E-state index in [0.717, 1.165) is 17.1 Å². The minimum Gasteiger partial charge on any atom is -0.454 e. The van der Waals surface area contributed by atoms with Gasteiger partial charge in [-0.3, -0.25) is 4.99 Å². The van der Waals surface area contributed by atoms with E-state index in [9.17, 15) is 0 Å². The third-order valence-electron chi connectivity index (χ3n) is 1.92. The Hall–Kier alpha value is -1.51. The number of ether oxygens (including phenoxy) is 2. The zero-order chi connectivity index (χ0) is 9.97. The standard InChI is InChI=1S/C11H13NO2/c1-8(2)12-6-9-3-4-10-11(5-9)14-7-13-10/h3-6,8H,7H2,1-2H3. The molecule has 0 saturated heterocycles. The first-order valence-corrected chi connectivity index (χ1v) is 4.68. The van der Waals surface area contributed by atoms with Gasteiger partial charge in [-0.2, -0.15) is 0 Å². The maximum atomic E-state index is 5.26. The summed E-state index contributed by atoms with van der Waals surface area (Å²) in [5, 5.41) is 0. The Labute approximate surface area is 83.4 Å². The monoisotopic (exact) mass is 191 g/mol. The Bertz CT molecular complexity index is 358. The number of benzene rings is 1. The molecule has 0 N–H and O–H groups in total. The van der Waals surface area contributed by atoms with Gasteiger partial charge >= 0.3 is 0 Å². The number of hydrogen-bond acceptors (Lipinski definition) is 3. The molecule has 1 aromatic carbocycles. The van der Waals surface area contributed by atoms with E-state index in [2.05, 4.69) is 4.99 Å². The lowest BCUT2D eigenvalue weighted by atomic mass is 10.2. The molecule has 2 rings (SSSR count). The molecule has 0 saturated carbocycles. The van der Waals surface area contributed by atoms with Crippen LogP contribution >= 0.6 is 0 Å². The molecular weight excluding hydrogens is 178 g/mol. The molecule has 0 aromatic heterocycles. The van der Waals surface area contributed by atoms with Gasteiger partial charge in [-0.1, -0.05) is 0 Å². The molecule has 3 heteroatoms. The van der Waals surface area contributed by atoms with Crippen LogP contribution in [-0.4, -0.2) is 19.0 Å². The van der Waals surface area contributed by atoms with Crippen molar-refractivity contribution in [2.24, 2.45) is 4.99 Å². The summed E-state index contributed by atoms with van der Waals surface area (Å²) in [6.45, 7) is 4.41. The maximum absolute atomic E-state index is 5.26. The predicted octanol–water partition coefficient (Wildman–Crippen LogP) is 2.24. The average molecular weight is 191 g/mol. The molecule has 0 fully saturated rings. The summed E-state index contributed by atoms with van der Waals surface area (Å²) in [4.78, 5) is 4.30. The summed E-state index contributed by atoms with van der Waals surface area (Å²) in [7, 11) is 0. The van der Waals surface area contributed by atoms with Gasteiger partial charge in [0.1, 0.15) is 0 Å². The second-order valence-electron chi connectivity index (χ2n) is 3.48. The topological polar surface area (TPSA) is 30.8 Å². The summed E-state index contributed by atoms with van der Waals surface area (Å²) in [6.07, 6.45) is 1.85. The maximum Gasteiger partial charge on any atom is 0.231 e. The first-order valence-electron chi connectivity index (χ1n) is 4.68. The molecule has 0 unspecified atom stereocenters. The molecule has 0 amide bonds. The molecule has 0 atom stereocenters. The van der Waals surface area contributed by atoms with Gasteiger partial charge in [0.25, 0.3) is 0 Å². The van der Waals surface area contributed by atoms with Crippen LogP contribution in [0.2, 0.25) is 0 Å². The van der Waals surface area contributed by atoms with E-state index in [1.54, 1.807) is 0 Å². The Balaban J connectivity index is 2.20. The van der Waals surface area contributed by atoms with Gasteiger partial charge < -0.3 is 9.47 Å². The number of fused-ring (bicyclic) bond motifs is 1. The highest BCUT2D eigenvalue weighted by Crippen LogP contribution is 2.31. The number of rotatable bonds is 2. The quantitative estimate of drug-likeness (QED) is 0.671. The summed E-state index contributed by atoms with van der Waals surface area (Å²) < 4.78 is 10.5. The van der Waals surface area contributed by atoms with E-state index in [1.165, 1.54) is 0 Å². The SMILES string of the molecule is CC(C)N=Cc1ccc2c(c1)OCO2. The minimum atomic E-state index is 0.320. The van der Waals surface area contributed by atoms with Crippen molar-refractivity contribution < 1.29 is 9.47 Å². The van der Waals surface area contributed by atoms with Crippen LogP contribution in [-0.2, 0) is 0 Å². The van der Waals surface area contributed by atoms with Gasteiger partial charge in [-0.15, -0.1) is 0 Å². The molecule has 3 nitrogen and oxygen atoms in total. The number of hydrogen-bond donors (Lipinski definition) is 0. The second-order valence-corrected chi connectivity index (χ2v) is 3.48. The normalized spacial score (nSPS) is 14.2. The van der Waals surface area contributed by atoms with Crippen LogP contribution in [0, 0.1) is 0 Å². The molecule has 1 aromatic rings. The predicted molar refractivity (Wildman–Crippen MR) is 55.3 cm³/mol. The van der Waals surface area contributed by atoms with Gasteiger partial charge in [0.15, 0.2) is 11.5 Å². The minimum absolute atomic E-state index is 0.320. The van der Waals surface area contributed by atoms with Crippen LogP contribution in [0.1, 0.15) is 19.4 Å². The Morgan fingerprint density at radius 2 is 2.07 bits per heavy atom. The molecule has 1 heterocycles. The highest BCUT2D eigenvalue weighted by Gasteiger charge is 2.12. The van der Waals surface area contributed by atoms with Crippen molar-refractivity contribution in [1.82, 2.24) is 0 Å². The molecule has 1 aliphatic rings. The number of aliphatic imine (C=N–C) groups is 1. The molecule has 0 spiro atoms. The largest absolute Gasteiger partial charge is 0.454 e. The van der Waals surface area contributed by atoms with Crippen molar-refractivity contribution >= 4 is 6.21 Å². The lowest BCUT2D eigenvalue weighted by molar-refractivity contribution is 0.174.